The molecule has 0 rings (SSSR count). The van der Waals surface area contributed by atoms with Crippen molar-refractivity contribution in [2.45, 2.75) is 32.5 Å². The molecule has 0 aliphatic heterocycles. The summed E-state index contributed by atoms with van der Waals surface area (Å²) in [6.45, 7) is 5.16. The fourth-order valence-electron chi connectivity index (χ4n) is 0.656. The number of rotatable bonds is 2. The van der Waals surface area contributed by atoms with E-state index in [-0.39, 0.29) is 0 Å². The van der Waals surface area contributed by atoms with Crippen LogP contribution in [0.3, 0.4) is 0 Å². The lowest BCUT2D eigenvalue weighted by molar-refractivity contribution is -0.122. The summed E-state index contributed by atoms with van der Waals surface area (Å²) in [7, 11) is 1.43. The zero-order valence-electron chi connectivity index (χ0n) is 8.88. The molecule has 6 nitrogen and oxygen atoms in total. The van der Waals surface area contributed by atoms with Gasteiger partial charge in [0.2, 0.25) is 0 Å². The third-order valence-corrected chi connectivity index (χ3v) is 1.20. The molecule has 0 fully saturated rings. The van der Waals surface area contributed by atoms with Crippen molar-refractivity contribution in [2.75, 3.05) is 7.05 Å². The largest absolute Gasteiger partial charge is 0.444 e. The maximum Gasteiger partial charge on any atom is 0.409 e. The number of carbonyl (C=O) groups excluding carboxylic acids is 2. The zero-order chi connectivity index (χ0) is 11.4. The summed E-state index contributed by atoms with van der Waals surface area (Å²) in [4.78, 5) is 22.0. The average molecular weight is 203 g/mol. The molecule has 0 aromatic heterocycles. The van der Waals surface area contributed by atoms with Crippen LogP contribution in [0.15, 0.2) is 0 Å². The lowest BCUT2D eigenvalue weighted by Crippen LogP contribution is -2.52. The Labute approximate surface area is 83.2 Å². The second-order valence-electron chi connectivity index (χ2n) is 3.74. The Bertz CT molecular complexity index is 222. The van der Waals surface area contributed by atoms with Gasteiger partial charge in [0.15, 0.2) is 6.17 Å². The summed E-state index contributed by atoms with van der Waals surface area (Å²) >= 11 is 0. The highest BCUT2D eigenvalue weighted by molar-refractivity contribution is 5.84. The maximum absolute atomic E-state index is 11.1. The SMILES string of the molecule is CNC(=O)C(N)NC(=O)OC(C)(C)C. The van der Waals surface area contributed by atoms with Crippen LogP contribution >= 0.6 is 0 Å². The minimum absolute atomic E-state index is 0.476. The highest BCUT2D eigenvalue weighted by Crippen LogP contribution is 2.06. The normalized spacial score (nSPS) is 12.9. The van der Waals surface area contributed by atoms with E-state index in [2.05, 4.69) is 10.6 Å². The van der Waals surface area contributed by atoms with Crippen LogP contribution in [0.25, 0.3) is 0 Å². The van der Waals surface area contributed by atoms with Crippen LogP contribution in [-0.4, -0.2) is 30.8 Å². The molecule has 0 aromatic rings. The first-order valence-corrected chi connectivity index (χ1v) is 4.23. The van der Waals surface area contributed by atoms with Gasteiger partial charge < -0.3 is 15.8 Å². The first kappa shape index (κ1) is 12.7. The molecule has 1 unspecified atom stereocenters. The summed E-state index contributed by atoms with van der Waals surface area (Å²) in [5, 5.41) is 4.49. The van der Waals surface area contributed by atoms with E-state index in [4.69, 9.17) is 10.5 Å². The lowest BCUT2D eigenvalue weighted by atomic mass is 10.2. The third kappa shape index (κ3) is 5.36. The predicted molar refractivity (Wildman–Crippen MR) is 51.4 cm³/mol. The fourth-order valence-corrected chi connectivity index (χ4v) is 0.656. The van der Waals surface area contributed by atoms with Gasteiger partial charge in [-0.3, -0.25) is 10.1 Å². The minimum Gasteiger partial charge on any atom is -0.444 e. The molecule has 0 aromatic carbocycles. The van der Waals surface area contributed by atoms with Crippen molar-refractivity contribution < 1.29 is 14.3 Å². The van der Waals surface area contributed by atoms with Crippen molar-refractivity contribution in [2.24, 2.45) is 5.73 Å². The van der Waals surface area contributed by atoms with E-state index in [1.54, 1.807) is 20.8 Å². The molecular formula is C8H17N3O3. The van der Waals surface area contributed by atoms with Crippen molar-refractivity contribution in [3.8, 4) is 0 Å². The fraction of sp³-hybridized carbons (Fsp3) is 0.750. The molecule has 0 radical (unpaired) electrons. The van der Waals surface area contributed by atoms with Gasteiger partial charge in [-0.25, -0.2) is 4.79 Å². The number of amides is 2. The van der Waals surface area contributed by atoms with Crippen molar-refractivity contribution in [3.63, 3.8) is 0 Å². The molecule has 2 amide bonds. The molecule has 0 aliphatic carbocycles. The Balaban J connectivity index is 4.01. The van der Waals surface area contributed by atoms with Crippen LogP contribution in [-0.2, 0) is 9.53 Å². The second-order valence-corrected chi connectivity index (χ2v) is 3.74. The number of nitrogens with one attached hydrogen (secondary N) is 2. The number of nitrogens with two attached hydrogens (primary N) is 1. The highest BCUT2D eigenvalue weighted by Gasteiger charge is 2.20. The molecule has 0 bridgehead atoms. The Hall–Kier alpha value is -1.30. The van der Waals surface area contributed by atoms with Crippen LogP contribution in [0.4, 0.5) is 4.79 Å². The summed E-state index contributed by atoms with van der Waals surface area (Å²) in [5.74, 6) is -0.476. The molecule has 0 heterocycles. The van der Waals surface area contributed by atoms with Gasteiger partial charge in [-0.05, 0) is 20.8 Å². The van der Waals surface area contributed by atoms with Crippen LogP contribution in [0.2, 0.25) is 0 Å². The first-order chi connectivity index (χ1) is 6.26. The van der Waals surface area contributed by atoms with Crippen molar-refractivity contribution in [3.05, 3.63) is 0 Å². The lowest BCUT2D eigenvalue weighted by Gasteiger charge is -2.21. The van der Waals surface area contributed by atoms with Gasteiger partial charge in [0.25, 0.3) is 5.91 Å². The standard InChI is InChI=1S/C8H17N3O3/c1-8(2,3)14-7(13)11-5(9)6(12)10-4/h5H,9H2,1-4H3,(H,10,12)(H,11,13). The molecular weight excluding hydrogens is 186 g/mol. The monoisotopic (exact) mass is 203 g/mol. The number of carbonyl (C=O) groups is 2. The second kappa shape index (κ2) is 4.80. The van der Waals surface area contributed by atoms with E-state index in [1.165, 1.54) is 7.05 Å². The number of hydrogen-bond acceptors (Lipinski definition) is 4. The van der Waals surface area contributed by atoms with Gasteiger partial charge in [-0.15, -0.1) is 0 Å². The smallest absolute Gasteiger partial charge is 0.409 e. The molecule has 0 aliphatic rings. The Morgan fingerprint density at radius 2 is 1.86 bits per heavy atom. The van der Waals surface area contributed by atoms with Crippen molar-refractivity contribution >= 4 is 12.0 Å². The predicted octanol–water partition coefficient (Wildman–Crippen LogP) is -0.458. The number of ether oxygens (including phenoxy) is 1. The van der Waals surface area contributed by atoms with Crippen LogP contribution in [0.5, 0.6) is 0 Å². The summed E-state index contributed by atoms with van der Waals surface area (Å²) < 4.78 is 4.89. The molecule has 0 spiro atoms. The van der Waals surface area contributed by atoms with Crippen LogP contribution in [0.1, 0.15) is 20.8 Å². The molecule has 0 saturated heterocycles. The number of hydrogen-bond donors (Lipinski definition) is 3. The van der Waals surface area contributed by atoms with Crippen LogP contribution in [0, 0.1) is 0 Å². The molecule has 14 heavy (non-hydrogen) atoms. The molecule has 1 atom stereocenters. The van der Waals surface area contributed by atoms with Crippen molar-refractivity contribution in [1.29, 1.82) is 0 Å². The minimum atomic E-state index is -1.09. The Morgan fingerprint density at radius 1 is 1.36 bits per heavy atom. The van der Waals surface area contributed by atoms with Crippen molar-refractivity contribution in [1.82, 2.24) is 10.6 Å². The summed E-state index contributed by atoms with van der Waals surface area (Å²) in [5.41, 5.74) is 4.72. The Kier molecular flexibility index (Phi) is 4.36. The molecule has 4 N–H and O–H groups in total. The van der Waals surface area contributed by atoms with Gasteiger partial charge in [0.1, 0.15) is 5.60 Å². The van der Waals surface area contributed by atoms with E-state index < -0.39 is 23.8 Å². The van der Waals surface area contributed by atoms with Gasteiger partial charge in [0, 0.05) is 7.05 Å². The highest BCUT2D eigenvalue weighted by atomic mass is 16.6. The topological polar surface area (TPSA) is 93.5 Å². The molecule has 0 saturated carbocycles. The summed E-state index contributed by atoms with van der Waals surface area (Å²) in [6, 6.07) is 0. The van der Waals surface area contributed by atoms with E-state index >= 15 is 0 Å². The van der Waals surface area contributed by atoms with Gasteiger partial charge >= 0.3 is 6.09 Å². The van der Waals surface area contributed by atoms with Gasteiger partial charge in [-0.2, -0.15) is 0 Å². The van der Waals surface area contributed by atoms with Crippen LogP contribution < -0.4 is 16.4 Å². The zero-order valence-corrected chi connectivity index (χ0v) is 8.88. The molecule has 82 valence electrons. The summed E-state index contributed by atoms with van der Waals surface area (Å²) in [6.07, 6.45) is -1.80. The Morgan fingerprint density at radius 3 is 2.21 bits per heavy atom. The van der Waals surface area contributed by atoms with Gasteiger partial charge in [-0.1, -0.05) is 0 Å². The average Bonchev–Trinajstić information content (AvgIpc) is 1.99. The first-order valence-electron chi connectivity index (χ1n) is 4.23. The van der Waals surface area contributed by atoms with E-state index in [9.17, 15) is 9.59 Å². The number of alkyl carbamates (subject to hydrolysis) is 1. The maximum atomic E-state index is 11.1. The number of likely N-dealkylation sites (N-methyl/N-ethyl adjacent to an activating group) is 1. The molecule has 6 heteroatoms. The third-order valence-electron chi connectivity index (χ3n) is 1.20. The van der Waals surface area contributed by atoms with E-state index in [1.807, 2.05) is 0 Å². The van der Waals surface area contributed by atoms with E-state index in [0.717, 1.165) is 0 Å². The quantitative estimate of drug-likeness (QED) is 0.529. The van der Waals surface area contributed by atoms with E-state index in [0.29, 0.717) is 0 Å². The van der Waals surface area contributed by atoms with Gasteiger partial charge in [0.05, 0.1) is 0 Å².